The molecule has 1 aliphatic heterocycles. The zero-order valence-corrected chi connectivity index (χ0v) is 15.9. The third-order valence-corrected chi connectivity index (χ3v) is 4.64. The van der Waals surface area contributed by atoms with E-state index in [2.05, 4.69) is 11.0 Å². The summed E-state index contributed by atoms with van der Waals surface area (Å²) in [5.41, 5.74) is 1.99. The predicted molar refractivity (Wildman–Crippen MR) is 108 cm³/mol. The van der Waals surface area contributed by atoms with Gasteiger partial charge in [0.05, 0.1) is 19.4 Å². The minimum absolute atomic E-state index is 0.0265. The van der Waals surface area contributed by atoms with Gasteiger partial charge >= 0.3 is 0 Å². The first-order valence-electron chi connectivity index (χ1n) is 9.29. The van der Waals surface area contributed by atoms with Crippen molar-refractivity contribution in [3.05, 3.63) is 60.2 Å². The van der Waals surface area contributed by atoms with E-state index in [4.69, 9.17) is 9.47 Å². The summed E-state index contributed by atoms with van der Waals surface area (Å²) >= 11 is 0. The Balaban J connectivity index is 1.60. The Morgan fingerprint density at radius 2 is 1.67 bits per heavy atom. The second kappa shape index (κ2) is 9.12. The van der Waals surface area contributed by atoms with Crippen LogP contribution < -0.4 is 14.4 Å². The SMILES string of the molecule is CCOc1ccccc1N1CCN(C(=O)C=Cc2ccccc2OC)CC1. The Morgan fingerprint density at radius 3 is 2.37 bits per heavy atom. The van der Waals surface area contributed by atoms with Gasteiger partial charge in [0.15, 0.2) is 0 Å². The second-order valence-electron chi connectivity index (χ2n) is 6.29. The number of amides is 1. The molecule has 1 amide bonds. The first kappa shape index (κ1) is 18.8. The van der Waals surface area contributed by atoms with Crippen LogP contribution in [-0.2, 0) is 4.79 Å². The highest BCUT2D eigenvalue weighted by Crippen LogP contribution is 2.28. The lowest BCUT2D eigenvalue weighted by Crippen LogP contribution is -2.48. The summed E-state index contributed by atoms with van der Waals surface area (Å²) in [5, 5.41) is 0. The van der Waals surface area contributed by atoms with Gasteiger partial charge in [0.25, 0.3) is 0 Å². The smallest absolute Gasteiger partial charge is 0.246 e. The quantitative estimate of drug-likeness (QED) is 0.735. The second-order valence-corrected chi connectivity index (χ2v) is 6.29. The van der Waals surface area contributed by atoms with Gasteiger partial charge < -0.3 is 19.3 Å². The van der Waals surface area contributed by atoms with Crippen LogP contribution in [0.2, 0.25) is 0 Å². The van der Waals surface area contributed by atoms with Crippen molar-refractivity contribution in [1.82, 2.24) is 4.90 Å². The molecule has 2 aromatic rings. The number of anilines is 1. The molecular formula is C22H26N2O3. The molecule has 5 heteroatoms. The topological polar surface area (TPSA) is 42.0 Å². The van der Waals surface area contributed by atoms with E-state index in [1.54, 1.807) is 13.2 Å². The fraction of sp³-hybridized carbons (Fsp3) is 0.318. The van der Waals surface area contributed by atoms with Crippen molar-refractivity contribution in [1.29, 1.82) is 0 Å². The number of hydrogen-bond acceptors (Lipinski definition) is 4. The van der Waals surface area contributed by atoms with E-state index < -0.39 is 0 Å². The van der Waals surface area contributed by atoms with Gasteiger partial charge in [0.2, 0.25) is 5.91 Å². The van der Waals surface area contributed by atoms with Crippen LogP contribution in [-0.4, -0.2) is 50.7 Å². The van der Waals surface area contributed by atoms with Crippen molar-refractivity contribution in [2.75, 3.05) is 44.8 Å². The zero-order chi connectivity index (χ0) is 19.1. The molecular weight excluding hydrogens is 340 g/mol. The van der Waals surface area contributed by atoms with E-state index in [0.717, 1.165) is 35.8 Å². The molecule has 0 N–H and O–H groups in total. The van der Waals surface area contributed by atoms with Crippen LogP contribution in [0.1, 0.15) is 12.5 Å². The maximum Gasteiger partial charge on any atom is 0.246 e. The van der Waals surface area contributed by atoms with Crippen molar-refractivity contribution < 1.29 is 14.3 Å². The summed E-state index contributed by atoms with van der Waals surface area (Å²) in [6, 6.07) is 15.7. The molecule has 142 valence electrons. The van der Waals surface area contributed by atoms with Crippen LogP contribution in [0, 0.1) is 0 Å². The van der Waals surface area contributed by atoms with Gasteiger partial charge in [-0.25, -0.2) is 0 Å². The number of para-hydroxylation sites is 3. The highest BCUT2D eigenvalue weighted by atomic mass is 16.5. The molecule has 27 heavy (non-hydrogen) atoms. The van der Waals surface area contributed by atoms with E-state index in [1.165, 1.54) is 0 Å². The van der Waals surface area contributed by atoms with Gasteiger partial charge in [-0.05, 0) is 31.2 Å². The monoisotopic (exact) mass is 366 g/mol. The van der Waals surface area contributed by atoms with Crippen LogP contribution >= 0.6 is 0 Å². The molecule has 0 radical (unpaired) electrons. The number of ether oxygens (including phenoxy) is 2. The molecule has 0 aromatic heterocycles. The van der Waals surface area contributed by atoms with E-state index in [0.29, 0.717) is 19.7 Å². The number of rotatable bonds is 6. The zero-order valence-electron chi connectivity index (χ0n) is 15.9. The van der Waals surface area contributed by atoms with Gasteiger partial charge in [-0.3, -0.25) is 4.79 Å². The molecule has 1 saturated heterocycles. The molecule has 0 saturated carbocycles. The average Bonchev–Trinajstić information content (AvgIpc) is 2.73. The molecule has 3 rings (SSSR count). The van der Waals surface area contributed by atoms with E-state index >= 15 is 0 Å². The minimum atomic E-state index is 0.0265. The molecule has 1 heterocycles. The van der Waals surface area contributed by atoms with Crippen molar-refractivity contribution in [2.45, 2.75) is 6.92 Å². The van der Waals surface area contributed by atoms with Crippen molar-refractivity contribution in [3.63, 3.8) is 0 Å². The van der Waals surface area contributed by atoms with Gasteiger partial charge in [0, 0.05) is 37.8 Å². The van der Waals surface area contributed by atoms with E-state index in [-0.39, 0.29) is 5.91 Å². The lowest BCUT2D eigenvalue weighted by Gasteiger charge is -2.36. The number of hydrogen-bond donors (Lipinski definition) is 0. The number of nitrogens with zero attached hydrogens (tertiary/aromatic N) is 2. The molecule has 1 fully saturated rings. The number of benzene rings is 2. The third kappa shape index (κ3) is 4.61. The molecule has 0 bridgehead atoms. The lowest BCUT2D eigenvalue weighted by atomic mass is 10.2. The normalized spacial score (nSPS) is 14.4. The Bertz CT molecular complexity index is 796. The van der Waals surface area contributed by atoms with Crippen LogP contribution in [0.3, 0.4) is 0 Å². The molecule has 0 atom stereocenters. The highest BCUT2D eigenvalue weighted by Gasteiger charge is 2.21. The predicted octanol–water partition coefficient (Wildman–Crippen LogP) is 3.46. The molecule has 2 aromatic carbocycles. The molecule has 0 unspecified atom stereocenters. The van der Waals surface area contributed by atoms with Gasteiger partial charge in [-0.15, -0.1) is 0 Å². The summed E-state index contributed by atoms with van der Waals surface area (Å²) in [7, 11) is 1.63. The van der Waals surface area contributed by atoms with E-state index in [1.807, 2.05) is 60.4 Å². The van der Waals surface area contributed by atoms with Crippen molar-refractivity contribution >= 4 is 17.7 Å². The first-order chi connectivity index (χ1) is 13.2. The van der Waals surface area contributed by atoms with Crippen molar-refractivity contribution in [2.24, 2.45) is 0 Å². The lowest BCUT2D eigenvalue weighted by molar-refractivity contribution is -0.126. The summed E-state index contributed by atoms with van der Waals surface area (Å²) < 4.78 is 11.1. The first-order valence-corrected chi connectivity index (χ1v) is 9.29. The van der Waals surface area contributed by atoms with Gasteiger partial charge in [-0.2, -0.15) is 0 Å². The van der Waals surface area contributed by atoms with Crippen molar-refractivity contribution in [3.8, 4) is 11.5 Å². The van der Waals surface area contributed by atoms with Crippen LogP contribution in [0.25, 0.3) is 6.08 Å². The maximum atomic E-state index is 12.5. The van der Waals surface area contributed by atoms with Crippen LogP contribution in [0.4, 0.5) is 5.69 Å². The largest absolute Gasteiger partial charge is 0.496 e. The summed E-state index contributed by atoms with van der Waals surface area (Å²) in [4.78, 5) is 16.7. The Morgan fingerprint density at radius 1 is 1.00 bits per heavy atom. The van der Waals surface area contributed by atoms with Gasteiger partial charge in [-0.1, -0.05) is 30.3 Å². The molecule has 0 spiro atoms. The van der Waals surface area contributed by atoms with Gasteiger partial charge in [0.1, 0.15) is 11.5 Å². The number of carbonyl (C=O) groups excluding carboxylic acids is 1. The Labute approximate surface area is 160 Å². The fourth-order valence-electron chi connectivity index (χ4n) is 3.23. The fourth-order valence-corrected chi connectivity index (χ4v) is 3.23. The molecule has 5 nitrogen and oxygen atoms in total. The standard InChI is InChI=1S/C22H26N2O3/c1-3-27-21-11-7-5-9-19(21)23-14-16-24(17-15-23)22(25)13-12-18-8-4-6-10-20(18)26-2/h4-13H,3,14-17H2,1-2H3. The van der Waals surface area contributed by atoms with Crippen LogP contribution in [0.5, 0.6) is 11.5 Å². The number of methoxy groups -OCH3 is 1. The van der Waals surface area contributed by atoms with E-state index in [9.17, 15) is 4.79 Å². The minimum Gasteiger partial charge on any atom is -0.496 e. The summed E-state index contributed by atoms with van der Waals surface area (Å²) in [5.74, 6) is 1.69. The number of piperazine rings is 1. The summed E-state index contributed by atoms with van der Waals surface area (Å²) in [6.07, 6.45) is 3.44. The average molecular weight is 366 g/mol. The highest BCUT2D eigenvalue weighted by molar-refractivity contribution is 5.92. The maximum absolute atomic E-state index is 12.5. The molecule has 1 aliphatic rings. The van der Waals surface area contributed by atoms with Crippen LogP contribution in [0.15, 0.2) is 54.6 Å². The molecule has 0 aliphatic carbocycles. The number of carbonyl (C=O) groups is 1. The Hall–Kier alpha value is -2.95. The Kier molecular flexibility index (Phi) is 6.36. The third-order valence-electron chi connectivity index (χ3n) is 4.64. The summed E-state index contributed by atoms with van der Waals surface area (Å²) in [6.45, 7) is 5.59.